The second kappa shape index (κ2) is 12.4. The molecule has 2 unspecified atom stereocenters. The molecule has 6 rings (SSSR count). The Morgan fingerprint density at radius 1 is 1.16 bits per heavy atom. The molecule has 1 aromatic carbocycles. The number of imidazole rings is 1. The van der Waals surface area contributed by atoms with E-state index >= 15 is 0 Å². The van der Waals surface area contributed by atoms with Crippen LogP contribution in [0, 0.1) is 0 Å². The van der Waals surface area contributed by atoms with Crippen LogP contribution in [0.4, 0.5) is 20.3 Å². The van der Waals surface area contributed by atoms with E-state index in [2.05, 4.69) is 25.5 Å². The smallest absolute Gasteiger partial charge is 0.305 e. The highest BCUT2D eigenvalue weighted by Gasteiger charge is 2.34. The van der Waals surface area contributed by atoms with E-state index in [4.69, 9.17) is 0 Å². The van der Waals surface area contributed by atoms with Crippen molar-refractivity contribution >= 4 is 47.1 Å². The summed E-state index contributed by atoms with van der Waals surface area (Å²) in [5.41, 5.74) is 3.33. The maximum Gasteiger partial charge on any atom is 0.305 e. The molecule has 3 aromatic rings. The van der Waals surface area contributed by atoms with Gasteiger partial charge in [-0.1, -0.05) is 26.1 Å². The van der Waals surface area contributed by atoms with Crippen LogP contribution in [-0.4, -0.2) is 105 Å². The van der Waals surface area contributed by atoms with Gasteiger partial charge in [0.25, 0.3) is 12.3 Å². The van der Waals surface area contributed by atoms with Gasteiger partial charge in [-0.3, -0.25) is 14.0 Å². The third-order valence-electron chi connectivity index (χ3n) is 8.53. The van der Waals surface area contributed by atoms with E-state index in [1.165, 1.54) is 0 Å². The predicted octanol–water partition coefficient (Wildman–Crippen LogP) is 2.70. The van der Waals surface area contributed by atoms with Gasteiger partial charge in [0.15, 0.2) is 11.5 Å². The fraction of sp³-hybridized carbons (Fsp3) is 0.433. The molecule has 2 saturated heterocycles. The lowest BCUT2D eigenvalue weighted by molar-refractivity contribution is -0.134. The summed E-state index contributed by atoms with van der Waals surface area (Å²) >= 11 is 0. The van der Waals surface area contributed by atoms with Crippen LogP contribution >= 0.6 is 0 Å². The number of nitrogens with one attached hydrogen (secondary N) is 2. The van der Waals surface area contributed by atoms with Gasteiger partial charge >= 0.3 is 6.85 Å². The number of β-amino-alcohol motifs (C(OH)–C–C–N with tert-alkyl or cyclic N) is 1. The number of carbonyl (C=O) groups is 2. The first-order chi connectivity index (χ1) is 21.3. The van der Waals surface area contributed by atoms with E-state index in [1.807, 2.05) is 26.0 Å². The number of aryl methyl sites for hydroxylation is 1. The molecule has 3 aliphatic heterocycles. The molecule has 11 nitrogen and oxygen atoms in total. The minimum Gasteiger partial charge on any atom is -0.392 e. The number of aliphatic hydroxyl groups is 1. The van der Waals surface area contributed by atoms with Crippen molar-refractivity contribution in [2.45, 2.75) is 51.6 Å². The number of nitrogens with zero attached hydrogens (tertiary/aromatic N) is 6. The van der Waals surface area contributed by atoms with Crippen LogP contribution < -0.4 is 10.6 Å². The molecule has 5 heterocycles. The third-order valence-corrected chi connectivity index (χ3v) is 8.53. The summed E-state index contributed by atoms with van der Waals surface area (Å²) in [7, 11) is 0. The topological polar surface area (TPSA) is 127 Å². The molecule has 14 heteroatoms. The van der Waals surface area contributed by atoms with Crippen molar-refractivity contribution in [2.24, 2.45) is 4.90 Å². The number of piperazine rings is 1. The highest BCUT2D eigenvalue weighted by Crippen LogP contribution is 2.30. The fourth-order valence-corrected chi connectivity index (χ4v) is 6.10. The van der Waals surface area contributed by atoms with E-state index < -0.39 is 12.5 Å². The van der Waals surface area contributed by atoms with Gasteiger partial charge < -0.3 is 30.4 Å². The zero-order chi connectivity index (χ0) is 31.0. The van der Waals surface area contributed by atoms with Crippen LogP contribution in [0.15, 0.2) is 47.7 Å². The number of halogens is 2. The molecular weight excluding hydrogens is 569 g/mol. The maximum absolute atomic E-state index is 13.8. The molecule has 0 aliphatic carbocycles. The van der Waals surface area contributed by atoms with Gasteiger partial charge in [0.05, 0.1) is 29.7 Å². The number of fused-ring (bicyclic) bond motifs is 1. The standard InChI is InChI=1S/C30H35BF2N8O3/c1-3-18-13-19(5-6-21(18)29(43)39-9-11-40(12-10-39)30(44)23-14-20(42)16-35-23)37-27-28-36-17-24(41(28)8-7-34-27)22-15-31(4-2)38-25(22)26(32)33/h5-8,13,15,17,20,23,26,35,42H,3-4,9-12,14,16H2,1-2H3,(H,34,37). The number of aromatic nitrogens is 3. The van der Waals surface area contributed by atoms with Gasteiger partial charge in [0.1, 0.15) is 0 Å². The van der Waals surface area contributed by atoms with Crippen molar-refractivity contribution in [1.29, 1.82) is 0 Å². The largest absolute Gasteiger partial charge is 0.392 e. The Balaban J connectivity index is 1.16. The molecule has 3 aliphatic rings. The quantitative estimate of drug-likeness (QED) is 0.338. The predicted molar refractivity (Wildman–Crippen MR) is 165 cm³/mol. The third kappa shape index (κ3) is 5.71. The van der Waals surface area contributed by atoms with Crippen LogP contribution in [0.1, 0.15) is 41.9 Å². The number of anilines is 2. The second-order valence-corrected chi connectivity index (χ2v) is 11.3. The maximum atomic E-state index is 13.8. The molecule has 2 aromatic heterocycles. The summed E-state index contributed by atoms with van der Waals surface area (Å²) in [5.74, 6) is 2.10. The lowest BCUT2D eigenvalue weighted by Gasteiger charge is -2.36. The summed E-state index contributed by atoms with van der Waals surface area (Å²) in [5, 5.41) is 16.1. The molecule has 2 amide bonds. The van der Waals surface area contributed by atoms with Crippen molar-refractivity contribution < 1.29 is 23.5 Å². The molecule has 44 heavy (non-hydrogen) atoms. The van der Waals surface area contributed by atoms with Gasteiger partial charge in [-0.2, -0.15) is 0 Å². The van der Waals surface area contributed by atoms with Gasteiger partial charge in [0.2, 0.25) is 5.91 Å². The van der Waals surface area contributed by atoms with Crippen LogP contribution in [0.3, 0.4) is 0 Å². The highest BCUT2D eigenvalue weighted by atomic mass is 19.3. The van der Waals surface area contributed by atoms with Gasteiger partial charge in [-0.15, -0.1) is 0 Å². The Morgan fingerprint density at radius 2 is 1.93 bits per heavy atom. The Bertz CT molecular complexity index is 1640. The summed E-state index contributed by atoms with van der Waals surface area (Å²) in [6, 6.07) is 5.14. The molecule has 2 fully saturated rings. The average Bonchev–Trinajstić information content (AvgIpc) is 3.79. The number of allylic oxidation sites excluding steroid dienone is 1. The summed E-state index contributed by atoms with van der Waals surface area (Å²) in [4.78, 5) is 43.0. The molecule has 3 N–H and O–H groups in total. The molecule has 0 saturated carbocycles. The average molecular weight is 604 g/mol. The molecule has 2 atom stereocenters. The van der Waals surface area contributed by atoms with Gasteiger partial charge in [-0.25, -0.2) is 18.7 Å². The second-order valence-electron chi connectivity index (χ2n) is 11.3. The van der Waals surface area contributed by atoms with Crippen molar-refractivity contribution in [3.05, 3.63) is 59.6 Å². The Morgan fingerprint density at radius 3 is 2.61 bits per heavy atom. The molecule has 0 spiro atoms. The molecule has 0 radical (unpaired) electrons. The monoisotopic (exact) mass is 604 g/mol. The Kier molecular flexibility index (Phi) is 8.45. The number of rotatable bonds is 8. The number of amides is 2. The lowest BCUT2D eigenvalue weighted by atomic mass is 9.61. The number of benzene rings is 1. The van der Waals surface area contributed by atoms with Crippen molar-refractivity contribution in [1.82, 2.24) is 29.5 Å². The highest BCUT2D eigenvalue weighted by molar-refractivity contribution is 6.70. The zero-order valence-electron chi connectivity index (χ0n) is 24.7. The minimum absolute atomic E-state index is 0.0285. The Labute approximate surface area is 254 Å². The van der Waals surface area contributed by atoms with Crippen LogP contribution in [0.25, 0.3) is 11.2 Å². The SMILES string of the molecule is CCB1C=C(c2cnc3c(Nc4ccc(C(=O)N5CCN(C(=O)C6CC(O)CN6)CC5)c(CC)c4)nccn23)C(C(F)F)=N1. The van der Waals surface area contributed by atoms with E-state index in [-0.39, 0.29) is 30.4 Å². The first kappa shape index (κ1) is 29.9. The summed E-state index contributed by atoms with van der Waals surface area (Å²) in [6.45, 7) is 5.79. The van der Waals surface area contributed by atoms with Gasteiger partial charge in [-0.05, 0) is 36.6 Å². The number of hydrogen-bond donors (Lipinski definition) is 3. The van der Waals surface area contributed by atoms with Crippen molar-refractivity contribution in [3.63, 3.8) is 0 Å². The number of aliphatic hydroxyl groups excluding tert-OH is 1. The van der Waals surface area contributed by atoms with Crippen LogP contribution in [-0.2, 0) is 11.2 Å². The van der Waals surface area contributed by atoms with E-state index in [0.717, 1.165) is 5.56 Å². The number of alkyl halides is 2. The summed E-state index contributed by atoms with van der Waals surface area (Å²) < 4.78 is 29.3. The first-order valence-electron chi connectivity index (χ1n) is 15.1. The van der Waals surface area contributed by atoms with E-state index in [9.17, 15) is 23.5 Å². The number of carbonyl (C=O) groups excluding carboxylic acids is 2. The lowest BCUT2D eigenvalue weighted by Crippen LogP contribution is -2.54. The number of hydrogen-bond acceptors (Lipinski definition) is 8. The molecular formula is C30H35BF2N8O3. The normalized spacial score (nSPS) is 20.5. The van der Waals surface area contributed by atoms with Crippen LogP contribution in [0.5, 0.6) is 0 Å². The van der Waals surface area contributed by atoms with E-state index in [1.54, 1.807) is 44.8 Å². The first-order valence-corrected chi connectivity index (χ1v) is 15.1. The van der Waals surface area contributed by atoms with Crippen LogP contribution in [0.2, 0.25) is 6.32 Å². The zero-order valence-corrected chi connectivity index (χ0v) is 24.7. The Hall–Kier alpha value is -4.17. The van der Waals surface area contributed by atoms with Gasteiger partial charge in [0, 0.05) is 61.9 Å². The van der Waals surface area contributed by atoms with E-state index in [0.29, 0.717) is 85.9 Å². The van der Waals surface area contributed by atoms with Crippen molar-refractivity contribution in [2.75, 3.05) is 38.0 Å². The fourth-order valence-electron chi connectivity index (χ4n) is 6.10. The summed E-state index contributed by atoms with van der Waals surface area (Å²) in [6.07, 6.45) is 3.30. The minimum atomic E-state index is -2.69. The molecule has 0 bridgehead atoms. The van der Waals surface area contributed by atoms with Crippen molar-refractivity contribution in [3.8, 4) is 0 Å². The molecule has 230 valence electrons.